The second kappa shape index (κ2) is 27.0. The standard InChI is InChI=1S/C54H84NO16P/c1-12-67-72(63,68-13-2)71-43-24-22-38(29-46(43)65-10)28-41-40-20-17-25-55-47(40)53(61)69-45(41)31-42(56)34(5)27-36(7)49(58)50(66-11)48(57)35(6)26-32(3)18-15-14-16-19-33(4)44(64-9)30-39-23-21-37(8)54(62,70-39)51(59)52(55)60/h14-16,18-19,27,32,34-35,37-41,43-47,49-50,58,62H,12-13,17,20-26,28-31H2,1-11H3/b16-14+,18-15+,33-19+,36-27+/t32-,34?,35?,37?,38?,39+,40?,41+,43-,44+,45+,46?,47?,49?,50+,54?/m1/s1. The van der Waals surface area contributed by atoms with Gasteiger partial charge in [0.2, 0.25) is 5.79 Å². The van der Waals surface area contributed by atoms with E-state index >= 15 is 0 Å². The Morgan fingerprint density at radius 1 is 0.833 bits per heavy atom. The summed E-state index contributed by atoms with van der Waals surface area (Å²) < 4.78 is 60.2. The number of allylic oxidation sites excluding steroid dienone is 6. The van der Waals surface area contributed by atoms with Crippen LogP contribution < -0.4 is 0 Å². The first-order valence-corrected chi connectivity index (χ1v) is 27.7. The van der Waals surface area contributed by atoms with E-state index in [0.29, 0.717) is 69.8 Å². The summed E-state index contributed by atoms with van der Waals surface area (Å²) in [6.07, 6.45) is 9.92. The summed E-state index contributed by atoms with van der Waals surface area (Å²) in [4.78, 5) is 72.9. The van der Waals surface area contributed by atoms with E-state index in [2.05, 4.69) is 0 Å². The third-order valence-electron chi connectivity index (χ3n) is 15.7. The van der Waals surface area contributed by atoms with Gasteiger partial charge in [-0.3, -0.25) is 32.7 Å². The highest BCUT2D eigenvalue weighted by atomic mass is 31.2. The van der Waals surface area contributed by atoms with Gasteiger partial charge in [-0.2, -0.15) is 0 Å². The molecule has 9 unspecified atom stereocenters. The average molecular weight is 1030 g/mol. The smallest absolute Gasteiger partial charge is 0.460 e. The molecule has 4 bridgehead atoms. The van der Waals surface area contributed by atoms with Crippen LogP contribution in [-0.2, 0) is 65.8 Å². The first-order valence-electron chi connectivity index (χ1n) is 26.2. The highest BCUT2D eigenvalue weighted by molar-refractivity contribution is 7.48. The highest BCUT2D eigenvalue weighted by Crippen LogP contribution is 2.53. The number of hydrogen-bond donors (Lipinski definition) is 2. The van der Waals surface area contributed by atoms with Crippen molar-refractivity contribution in [3.63, 3.8) is 0 Å². The number of carbonyl (C=O) groups is 5. The van der Waals surface area contributed by atoms with E-state index in [-0.39, 0.29) is 49.6 Å². The molecule has 406 valence electrons. The Bertz CT molecular complexity index is 2040. The zero-order chi connectivity index (χ0) is 53.1. The van der Waals surface area contributed by atoms with Gasteiger partial charge in [0.25, 0.3) is 11.7 Å². The number of Topliss-reactive ketones (excluding diaryl/α,β-unsaturated/α-hetero) is 3. The molecule has 0 aromatic heterocycles. The Morgan fingerprint density at radius 2 is 1.54 bits per heavy atom. The monoisotopic (exact) mass is 1030 g/mol. The molecule has 0 aromatic carbocycles. The molecule has 4 fully saturated rings. The van der Waals surface area contributed by atoms with Crippen LogP contribution in [0, 0.1) is 41.4 Å². The lowest BCUT2D eigenvalue weighted by molar-refractivity contribution is -0.266. The molecule has 5 aliphatic rings. The molecular formula is C54H84NO16P. The molecule has 0 radical (unpaired) electrons. The van der Waals surface area contributed by atoms with Crippen molar-refractivity contribution in [1.29, 1.82) is 0 Å². The number of hydrogen-bond acceptors (Lipinski definition) is 16. The van der Waals surface area contributed by atoms with Gasteiger partial charge < -0.3 is 38.8 Å². The average Bonchev–Trinajstić information content (AvgIpc) is 3.34. The van der Waals surface area contributed by atoms with E-state index in [9.17, 15) is 38.8 Å². The second-order valence-corrected chi connectivity index (χ2v) is 22.5. The number of methoxy groups -OCH3 is 3. The molecule has 18 heteroatoms. The number of esters is 1. The van der Waals surface area contributed by atoms with Gasteiger partial charge >= 0.3 is 13.8 Å². The highest BCUT2D eigenvalue weighted by Gasteiger charge is 2.57. The fraction of sp³-hybridized carbons (Fsp3) is 0.759. The Kier molecular flexibility index (Phi) is 22.4. The number of aliphatic hydroxyl groups excluding tert-OH is 1. The molecule has 4 aliphatic heterocycles. The number of amides is 1. The minimum absolute atomic E-state index is 0.00548. The van der Waals surface area contributed by atoms with E-state index in [1.54, 1.807) is 54.9 Å². The fourth-order valence-electron chi connectivity index (χ4n) is 11.6. The molecule has 1 saturated carbocycles. The summed E-state index contributed by atoms with van der Waals surface area (Å²) in [6.45, 7) is 14.4. The van der Waals surface area contributed by atoms with Crippen molar-refractivity contribution in [2.75, 3.05) is 41.1 Å². The van der Waals surface area contributed by atoms with Gasteiger partial charge in [-0.1, -0.05) is 64.2 Å². The summed E-state index contributed by atoms with van der Waals surface area (Å²) in [6, 6.07) is -1.18. The van der Waals surface area contributed by atoms with Crippen LogP contribution >= 0.6 is 7.82 Å². The molecule has 0 aromatic rings. The largest absolute Gasteiger partial charge is 0.475 e. The zero-order valence-electron chi connectivity index (χ0n) is 44.5. The SMILES string of the molecule is CCOP(=O)(OCC)O[C@@H]1CCC(C[C@H]2C3CCCN4C(=O)C(=O)C5(O)O[C@@H](CCC5C)C[C@H](OC)/C(C)=C/C=C/C=C/[C@@H](C)CC(C)C(=O)[C@H](OC)C(O)/C(C)=C/C(C)C(=O)C[C@@H]2OC(=O)C34)CC1OC. The second-order valence-electron chi connectivity index (χ2n) is 20.9. The number of fused-ring (bicyclic) bond motifs is 4. The normalized spacial score (nSPS) is 39.9. The Morgan fingerprint density at radius 3 is 2.19 bits per heavy atom. The molecule has 3 saturated heterocycles. The predicted octanol–water partition coefficient (Wildman–Crippen LogP) is 7.61. The number of phosphoric ester groups is 1. The summed E-state index contributed by atoms with van der Waals surface area (Å²) in [7, 11) is 0.618. The number of rotatable bonds is 11. The number of ether oxygens (including phenoxy) is 5. The van der Waals surface area contributed by atoms with Gasteiger partial charge in [0.1, 0.15) is 30.1 Å². The van der Waals surface area contributed by atoms with Crippen LogP contribution in [0.5, 0.6) is 0 Å². The van der Waals surface area contributed by atoms with Gasteiger partial charge in [0.15, 0.2) is 5.78 Å². The molecular weight excluding hydrogens is 950 g/mol. The maximum Gasteiger partial charge on any atom is 0.475 e. The lowest BCUT2D eigenvalue weighted by Crippen LogP contribution is -2.65. The van der Waals surface area contributed by atoms with Crippen molar-refractivity contribution in [3.05, 3.63) is 47.6 Å². The van der Waals surface area contributed by atoms with Crippen molar-refractivity contribution in [2.45, 2.75) is 181 Å². The van der Waals surface area contributed by atoms with E-state index in [1.165, 1.54) is 12.0 Å². The van der Waals surface area contributed by atoms with Crippen molar-refractivity contribution in [3.8, 4) is 0 Å². The van der Waals surface area contributed by atoms with Crippen LogP contribution in [0.3, 0.4) is 0 Å². The number of ketones is 3. The van der Waals surface area contributed by atoms with E-state index in [0.717, 1.165) is 5.57 Å². The quantitative estimate of drug-likeness (QED) is 0.0880. The van der Waals surface area contributed by atoms with Crippen molar-refractivity contribution in [2.24, 2.45) is 41.4 Å². The molecule has 16 atom stereocenters. The van der Waals surface area contributed by atoms with Crippen LogP contribution in [0.25, 0.3) is 0 Å². The number of piperidine rings is 1. The third-order valence-corrected chi connectivity index (χ3v) is 17.4. The Balaban J connectivity index is 1.51. The molecule has 0 spiro atoms. The molecule has 5 rings (SSSR count). The zero-order valence-corrected chi connectivity index (χ0v) is 45.4. The van der Waals surface area contributed by atoms with Crippen molar-refractivity contribution in [1.82, 2.24) is 4.90 Å². The lowest BCUT2D eigenvalue weighted by atomic mass is 9.68. The maximum absolute atomic E-state index is 14.6. The first-order chi connectivity index (χ1) is 34.1. The molecule has 4 heterocycles. The van der Waals surface area contributed by atoms with Crippen LogP contribution in [-0.4, -0.2) is 140 Å². The summed E-state index contributed by atoms with van der Waals surface area (Å²) in [5, 5.41) is 23.6. The third kappa shape index (κ3) is 14.6. The van der Waals surface area contributed by atoms with Gasteiger partial charge in [0, 0.05) is 64.4 Å². The number of phosphoric acid groups is 1. The van der Waals surface area contributed by atoms with Gasteiger partial charge in [-0.15, -0.1) is 0 Å². The summed E-state index contributed by atoms with van der Waals surface area (Å²) >= 11 is 0. The molecule has 1 amide bonds. The Labute approximate surface area is 427 Å². The predicted molar refractivity (Wildman–Crippen MR) is 268 cm³/mol. The van der Waals surface area contributed by atoms with Crippen LogP contribution in [0.4, 0.5) is 0 Å². The van der Waals surface area contributed by atoms with E-state index in [1.807, 2.05) is 51.2 Å². The van der Waals surface area contributed by atoms with Gasteiger partial charge in [-0.25, -0.2) is 9.36 Å². The fourth-order valence-corrected chi connectivity index (χ4v) is 13.0. The molecule has 72 heavy (non-hydrogen) atoms. The van der Waals surface area contributed by atoms with Crippen LogP contribution in [0.2, 0.25) is 0 Å². The van der Waals surface area contributed by atoms with Crippen LogP contribution in [0.15, 0.2) is 47.6 Å². The topological polar surface area (TPSA) is 220 Å². The van der Waals surface area contributed by atoms with Crippen molar-refractivity contribution >= 4 is 37.0 Å². The van der Waals surface area contributed by atoms with E-state index in [4.69, 9.17) is 37.3 Å². The maximum atomic E-state index is 14.6. The molecule has 2 N–H and O–H groups in total. The van der Waals surface area contributed by atoms with Crippen molar-refractivity contribution < 1.29 is 76.0 Å². The van der Waals surface area contributed by atoms with Gasteiger partial charge in [-0.05, 0) is 114 Å². The van der Waals surface area contributed by atoms with Gasteiger partial charge in [0.05, 0.1) is 37.6 Å². The van der Waals surface area contributed by atoms with E-state index < -0.39 is 110 Å². The minimum Gasteiger partial charge on any atom is -0.460 e. The minimum atomic E-state index is -3.88. The number of nitrogens with zero attached hydrogens (tertiary/aromatic N) is 1. The number of carbonyl (C=O) groups excluding carboxylic acids is 5. The molecule has 17 nitrogen and oxygen atoms in total. The Hall–Kier alpha value is -3.22. The summed E-state index contributed by atoms with van der Waals surface area (Å²) in [5.41, 5.74) is 1.24. The molecule has 1 aliphatic carbocycles. The first kappa shape index (κ1) is 59.7. The van der Waals surface area contributed by atoms with Crippen LogP contribution in [0.1, 0.15) is 126 Å². The number of aliphatic hydroxyl groups is 2. The summed E-state index contributed by atoms with van der Waals surface area (Å²) in [5.74, 6) is -8.96. The lowest BCUT2D eigenvalue weighted by Gasteiger charge is -2.50.